The van der Waals surface area contributed by atoms with Gasteiger partial charge < -0.3 is 36.9 Å². The van der Waals surface area contributed by atoms with Crippen LogP contribution in [-0.4, -0.2) is 70.2 Å². The van der Waals surface area contributed by atoms with Crippen LogP contribution in [-0.2, 0) is 25.6 Å². The molecule has 0 aliphatic rings. The van der Waals surface area contributed by atoms with Crippen LogP contribution in [0.25, 0.3) is 10.9 Å². The third-order valence-electron chi connectivity index (χ3n) is 5.03. The number of para-hydroxylation sites is 1. The third kappa shape index (κ3) is 7.58. The second-order valence-electron chi connectivity index (χ2n) is 8.22. The predicted molar refractivity (Wildman–Crippen MR) is 121 cm³/mol. The highest BCUT2D eigenvalue weighted by Gasteiger charge is 2.28. The van der Waals surface area contributed by atoms with E-state index < -0.39 is 55.0 Å². The standard InChI is InChI=1S/C22H31N5O6/c1-12(2)7-18(22(32)33)27-21(31)17(26-19(29)10-25-20(30)15(23)11-28)8-13-9-24-16-6-4-3-5-14(13)16/h3-6,9,12,15,17-18,24,28H,7-8,10-11,23H2,1-2H3,(H,25,30)(H,26,29)(H,27,31)(H,32,33). The predicted octanol–water partition coefficient (Wildman–Crippen LogP) is -0.753. The normalized spacial score (nSPS) is 13.8. The highest BCUT2D eigenvalue weighted by atomic mass is 16.4. The zero-order valence-electron chi connectivity index (χ0n) is 18.6. The van der Waals surface area contributed by atoms with Gasteiger partial charge >= 0.3 is 5.97 Å². The number of aliphatic hydroxyl groups excluding tert-OH is 1. The lowest BCUT2D eigenvalue weighted by molar-refractivity contribution is -0.142. The Kier molecular flexibility index (Phi) is 9.37. The molecule has 180 valence electrons. The largest absolute Gasteiger partial charge is 0.480 e. The third-order valence-corrected chi connectivity index (χ3v) is 5.03. The SMILES string of the molecule is CC(C)CC(NC(=O)C(Cc1c[nH]c2ccccc12)NC(=O)CNC(=O)C(N)CO)C(=O)O. The van der Waals surface area contributed by atoms with E-state index in [9.17, 15) is 24.3 Å². The number of nitrogens with two attached hydrogens (primary N) is 1. The Morgan fingerprint density at radius 2 is 1.76 bits per heavy atom. The summed E-state index contributed by atoms with van der Waals surface area (Å²) < 4.78 is 0. The Balaban J connectivity index is 2.17. The number of rotatable bonds is 12. The van der Waals surface area contributed by atoms with Gasteiger partial charge in [0.2, 0.25) is 17.7 Å². The molecule has 0 spiro atoms. The summed E-state index contributed by atoms with van der Waals surface area (Å²) in [5.74, 6) is -3.17. The van der Waals surface area contributed by atoms with E-state index in [0.29, 0.717) is 0 Å². The summed E-state index contributed by atoms with van der Waals surface area (Å²) in [6.45, 7) is 2.64. The van der Waals surface area contributed by atoms with Gasteiger partial charge in [0.25, 0.3) is 0 Å². The first-order valence-electron chi connectivity index (χ1n) is 10.6. The fraction of sp³-hybridized carbons (Fsp3) is 0.455. The van der Waals surface area contributed by atoms with Gasteiger partial charge in [-0.3, -0.25) is 14.4 Å². The van der Waals surface area contributed by atoms with Crippen molar-refractivity contribution in [1.82, 2.24) is 20.9 Å². The quantitative estimate of drug-likeness (QED) is 0.216. The molecule has 0 aliphatic heterocycles. The summed E-state index contributed by atoms with van der Waals surface area (Å²) in [7, 11) is 0. The number of aliphatic carboxylic acids is 1. The van der Waals surface area contributed by atoms with E-state index in [1.54, 1.807) is 6.20 Å². The van der Waals surface area contributed by atoms with Crippen molar-refractivity contribution >= 4 is 34.6 Å². The van der Waals surface area contributed by atoms with Crippen LogP contribution in [0, 0.1) is 5.92 Å². The van der Waals surface area contributed by atoms with Crippen molar-refractivity contribution in [2.24, 2.45) is 11.7 Å². The van der Waals surface area contributed by atoms with Crippen molar-refractivity contribution in [3.63, 3.8) is 0 Å². The average Bonchev–Trinajstić information content (AvgIpc) is 3.18. The molecule has 0 aliphatic carbocycles. The molecule has 1 aromatic carbocycles. The van der Waals surface area contributed by atoms with Crippen LogP contribution in [0.5, 0.6) is 0 Å². The molecule has 33 heavy (non-hydrogen) atoms. The Hall–Kier alpha value is -3.44. The number of aromatic nitrogens is 1. The number of aromatic amines is 1. The van der Waals surface area contributed by atoms with Gasteiger partial charge in [-0.1, -0.05) is 32.0 Å². The Bertz CT molecular complexity index is 989. The molecule has 8 N–H and O–H groups in total. The summed E-state index contributed by atoms with van der Waals surface area (Å²) >= 11 is 0. The second kappa shape index (κ2) is 12.0. The van der Waals surface area contributed by atoms with E-state index in [2.05, 4.69) is 20.9 Å². The minimum Gasteiger partial charge on any atom is -0.480 e. The molecule has 3 atom stereocenters. The van der Waals surface area contributed by atoms with Gasteiger partial charge in [0.05, 0.1) is 13.2 Å². The van der Waals surface area contributed by atoms with E-state index >= 15 is 0 Å². The molecule has 11 nitrogen and oxygen atoms in total. The van der Waals surface area contributed by atoms with Crippen LogP contribution in [0.1, 0.15) is 25.8 Å². The molecule has 1 heterocycles. The van der Waals surface area contributed by atoms with Crippen LogP contribution in [0.3, 0.4) is 0 Å². The van der Waals surface area contributed by atoms with E-state index in [0.717, 1.165) is 16.5 Å². The van der Waals surface area contributed by atoms with Crippen molar-refractivity contribution < 1.29 is 29.4 Å². The van der Waals surface area contributed by atoms with E-state index in [1.807, 2.05) is 38.1 Å². The first-order valence-corrected chi connectivity index (χ1v) is 10.6. The van der Waals surface area contributed by atoms with Crippen LogP contribution < -0.4 is 21.7 Å². The number of carbonyl (C=O) groups excluding carboxylic acids is 3. The van der Waals surface area contributed by atoms with Crippen LogP contribution in [0.2, 0.25) is 0 Å². The summed E-state index contributed by atoms with van der Waals surface area (Å²) in [4.78, 5) is 51.8. The van der Waals surface area contributed by atoms with Crippen molar-refractivity contribution in [2.45, 2.75) is 44.8 Å². The molecule has 0 fully saturated rings. The minimum atomic E-state index is -1.17. The van der Waals surface area contributed by atoms with Gasteiger partial charge in [-0.05, 0) is 24.0 Å². The molecular formula is C22H31N5O6. The number of amides is 3. The van der Waals surface area contributed by atoms with Crippen molar-refractivity contribution in [3.8, 4) is 0 Å². The first kappa shape index (κ1) is 25.8. The Labute approximate surface area is 191 Å². The van der Waals surface area contributed by atoms with Gasteiger partial charge in [-0.15, -0.1) is 0 Å². The number of hydrogen-bond acceptors (Lipinski definition) is 6. The number of benzene rings is 1. The van der Waals surface area contributed by atoms with Gasteiger partial charge in [0.15, 0.2) is 0 Å². The molecule has 0 saturated carbocycles. The second-order valence-corrected chi connectivity index (χ2v) is 8.22. The molecular weight excluding hydrogens is 430 g/mol. The molecule has 0 saturated heterocycles. The molecule has 0 bridgehead atoms. The van der Waals surface area contributed by atoms with Crippen molar-refractivity contribution in [1.29, 1.82) is 0 Å². The highest BCUT2D eigenvalue weighted by molar-refractivity contribution is 5.93. The van der Waals surface area contributed by atoms with E-state index in [4.69, 9.17) is 10.8 Å². The fourth-order valence-electron chi connectivity index (χ4n) is 3.32. The summed E-state index contributed by atoms with van der Waals surface area (Å²) in [6.07, 6.45) is 2.05. The van der Waals surface area contributed by atoms with Gasteiger partial charge in [-0.2, -0.15) is 0 Å². The number of carbonyl (C=O) groups is 4. The smallest absolute Gasteiger partial charge is 0.326 e. The Morgan fingerprint density at radius 1 is 1.06 bits per heavy atom. The monoisotopic (exact) mass is 461 g/mol. The van der Waals surface area contributed by atoms with Crippen molar-refractivity contribution in [3.05, 3.63) is 36.0 Å². The number of carboxylic acids is 1. The number of carboxylic acid groups (broad SMARTS) is 1. The van der Waals surface area contributed by atoms with Gasteiger partial charge in [0.1, 0.15) is 18.1 Å². The van der Waals surface area contributed by atoms with Crippen molar-refractivity contribution in [2.75, 3.05) is 13.2 Å². The molecule has 3 unspecified atom stereocenters. The molecule has 3 amide bonds. The number of aliphatic hydroxyl groups is 1. The number of H-pyrrole nitrogens is 1. The van der Waals surface area contributed by atoms with Crippen LogP contribution in [0.4, 0.5) is 0 Å². The molecule has 1 aromatic heterocycles. The topological polar surface area (TPSA) is 187 Å². The zero-order chi connectivity index (χ0) is 24.5. The lowest BCUT2D eigenvalue weighted by Gasteiger charge is -2.22. The zero-order valence-corrected chi connectivity index (χ0v) is 18.6. The maximum Gasteiger partial charge on any atom is 0.326 e. The first-order chi connectivity index (χ1) is 15.6. The molecule has 2 rings (SSSR count). The summed E-state index contributed by atoms with van der Waals surface area (Å²) in [6, 6.07) is 4.07. The summed E-state index contributed by atoms with van der Waals surface area (Å²) in [5.41, 5.74) is 7.01. The lowest BCUT2D eigenvalue weighted by atomic mass is 10.0. The maximum atomic E-state index is 13.0. The van der Waals surface area contributed by atoms with E-state index in [-0.39, 0.29) is 18.8 Å². The van der Waals surface area contributed by atoms with Gasteiger partial charge in [-0.25, -0.2) is 4.79 Å². The number of nitrogens with one attached hydrogen (secondary N) is 4. The molecule has 0 radical (unpaired) electrons. The minimum absolute atomic E-state index is 0.0269. The Morgan fingerprint density at radius 3 is 2.39 bits per heavy atom. The van der Waals surface area contributed by atoms with Crippen LogP contribution in [0.15, 0.2) is 30.5 Å². The van der Waals surface area contributed by atoms with Gasteiger partial charge in [0, 0.05) is 23.5 Å². The summed E-state index contributed by atoms with van der Waals surface area (Å²) in [5, 5.41) is 26.6. The number of hydrogen-bond donors (Lipinski definition) is 7. The number of fused-ring (bicyclic) bond motifs is 1. The highest BCUT2D eigenvalue weighted by Crippen LogP contribution is 2.19. The fourth-order valence-corrected chi connectivity index (χ4v) is 3.32. The lowest BCUT2D eigenvalue weighted by Crippen LogP contribution is -2.54. The molecule has 2 aromatic rings. The molecule has 11 heteroatoms. The maximum absolute atomic E-state index is 13.0. The van der Waals surface area contributed by atoms with E-state index in [1.165, 1.54) is 0 Å². The average molecular weight is 462 g/mol. The van der Waals surface area contributed by atoms with Crippen LogP contribution >= 0.6 is 0 Å².